The summed E-state index contributed by atoms with van der Waals surface area (Å²) in [6.07, 6.45) is 3.67. The van der Waals surface area contributed by atoms with Gasteiger partial charge in [-0.3, -0.25) is 4.68 Å². The van der Waals surface area contributed by atoms with E-state index in [1.54, 1.807) is 13.3 Å². The molecule has 17 heavy (non-hydrogen) atoms. The lowest BCUT2D eigenvalue weighted by Crippen LogP contribution is -2.30. The largest absolute Gasteiger partial charge is 0.496 e. The van der Waals surface area contributed by atoms with Gasteiger partial charge in [-0.2, -0.15) is 5.10 Å². The topological polar surface area (TPSA) is 53.1 Å². The van der Waals surface area contributed by atoms with E-state index in [1.165, 1.54) is 0 Å². The van der Waals surface area contributed by atoms with Crippen molar-refractivity contribution in [2.45, 2.75) is 19.0 Å². The summed E-state index contributed by atoms with van der Waals surface area (Å²) in [5, 5.41) is 4.27. The number of rotatable bonds is 4. The number of para-hydroxylation sites is 1. The SMILES string of the molecule is COc1ccccc1C(C(C)N)n1cccn1. The first kappa shape index (κ1) is 11.7. The van der Waals surface area contributed by atoms with Crippen LogP contribution in [-0.2, 0) is 0 Å². The van der Waals surface area contributed by atoms with E-state index in [0.717, 1.165) is 11.3 Å². The van der Waals surface area contributed by atoms with Gasteiger partial charge in [-0.1, -0.05) is 18.2 Å². The number of hydrogen-bond acceptors (Lipinski definition) is 3. The van der Waals surface area contributed by atoms with Crippen molar-refractivity contribution < 1.29 is 4.74 Å². The van der Waals surface area contributed by atoms with Crippen molar-refractivity contribution in [2.24, 2.45) is 5.73 Å². The molecule has 2 aromatic rings. The van der Waals surface area contributed by atoms with Crippen molar-refractivity contribution >= 4 is 0 Å². The summed E-state index contributed by atoms with van der Waals surface area (Å²) in [6, 6.07) is 9.72. The molecule has 4 nitrogen and oxygen atoms in total. The first-order valence-electron chi connectivity index (χ1n) is 5.61. The average molecular weight is 231 g/mol. The molecular formula is C13H17N3O. The molecule has 0 amide bonds. The third-order valence-corrected chi connectivity index (χ3v) is 2.77. The molecule has 0 spiro atoms. The van der Waals surface area contributed by atoms with Crippen LogP contribution in [0, 0.1) is 0 Å². The smallest absolute Gasteiger partial charge is 0.124 e. The minimum absolute atomic E-state index is 0.0128. The van der Waals surface area contributed by atoms with E-state index in [1.807, 2.05) is 48.1 Å². The third-order valence-electron chi connectivity index (χ3n) is 2.77. The van der Waals surface area contributed by atoms with Gasteiger partial charge >= 0.3 is 0 Å². The Labute approximate surface area is 101 Å². The molecule has 0 bridgehead atoms. The fourth-order valence-corrected chi connectivity index (χ4v) is 2.02. The van der Waals surface area contributed by atoms with E-state index in [0.29, 0.717) is 0 Å². The first-order chi connectivity index (χ1) is 8.24. The van der Waals surface area contributed by atoms with E-state index in [4.69, 9.17) is 10.5 Å². The molecule has 1 aromatic heterocycles. The number of nitrogens with two attached hydrogens (primary N) is 1. The van der Waals surface area contributed by atoms with Crippen LogP contribution in [0.15, 0.2) is 42.7 Å². The maximum Gasteiger partial charge on any atom is 0.124 e. The Morgan fingerprint density at radius 1 is 1.29 bits per heavy atom. The molecule has 0 saturated heterocycles. The van der Waals surface area contributed by atoms with Crippen LogP contribution in [0.5, 0.6) is 5.75 Å². The molecule has 0 aliphatic rings. The van der Waals surface area contributed by atoms with Crippen LogP contribution in [0.3, 0.4) is 0 Å². The van der Waals surface area contributed by atoms with Gasteiger partial charge in [-0.05, 0) is 19.1 Å². The minimum Gasteiger partial charge on any atom is -0.496 e. The van der Waals surface area contributed by atoms with Gasteiger partial charge in [-0.15, -0.1) is 0 Å². The molecule has 2 atom stereocenters. The summed E-state index contributed by atoms with van der Waals surface area (Å²) in [5.74, 6) is 0.838. The summed E-state index contributed by atoms with van der Waals surface area (Å²) in [4.78, 5) is 0. The molecular weight excluding hydrogens is 214 g/mol. The number of nitrogens with zero attached hydrogens (tertiary/aromatic N) is 2. The van der Waals surface area contributed by atoms with E-state index in [-0.39, 0.29) is 12.1 Å². The number of methoxy groups -OCH3 is 1. The minimum atomic E-state index is -0.0498. The predicted octanol–water partition coefficient (Wildman–Crippen LogP) is 1.83. The van der Waals surface area contributed by atoms with Crippen LogP contribution >= 0.6 is 0 Å². The zero-order chi connectivity index (χ0) is 12.3. The van der Waals surface area contributed by atoms with Crippen LogP contribution in [0.25, 0.3) is 0 Å². The predicted molar refractivity (Wildman–Crippen MR) is 67.0 cm³/mol. The van der Waals surface area contributed by atoms with Gasteiger partial charge < -0.3 is 10.5 Å². The van der Waals surface area contributed by atoms with Crippen LogP contribution in [0.1, 0.15) is 18.5 Å². The second kappa shape index (κ2) is 5.01. The molecule has 0 saturated carbocycles. The molecule has 0 aliphatic carbocycles. The van der Waals surface area contributed by atoms with E-state index in [2.05, 4.69) is 5.10 Å². The first-order valence-corrected chi connectivity index (χ1v) is 5.61. The maximum absolute atomic E-state index is 6.07. The van der Waals surface area contributed by atoms with Gasteiger partial charge in [0.25, 0.3) is 0 Å². The van der Waals surface area contributed by atoms with Gasteiger partial charge in [0.2, 0.25) is 0 Å². The standard InChI is InChI=1S/C13H17N3O/c1-10(14)13(16-9-5-8-15-16)11-6-3-4-7-12(11)17-2/h3-10,13H,14H2,1-2H3. The van der Waals surface area contributed by atoms with Crippen molar-refractivity contribution in [1.29, 1.82) is 0 Å². The molecule has 2 rings (SSSR count). The van der Waals surface area contributed by atoms with E-state index >= 15 is 0 Å². The summed E-state index contributed by atoms with van der Waals surface area (Å²) in [5.41, 5.74) is 7.12. The van der Waals surface area contributed by atoms with Gasteiger partial charge in [-0.25, -0.2) is 0 Å². The van der Waals surface area contributed by atoms with Gasteiger partial charge in [0.05, 0.1) is 13.2 Å². The monoisotopic (exact) mass is 231 g/mol. The molecule has 0 fully saturated rings. The van der Waals surface area contributed by atoms with Gasteiger partial charge in [0.1, 0.15) is 5.75 Å². The lowest BCUT2D eigenvalue weighted by molar-refractivity contribution is 0.385. The number of aromatic nitrogens is 2. The maximum atomic E-state index is 6.07. The molecule has 4 heteroatoms. The molecule has 0 radical (unpaired) electrons. The fourth-order valence-electron chi connectivity index (χ4n) is 2.02. The van der Waals surface area contributed by atoms with Crippen LogP contribution < -0.4 is 10.5 Å². The van der Waals surface area contributed by atoms with Crippen molar-refractivity contribution in [2.75, 3.05) is 7.11 Å². The van der Waals surface area contributed by atoms with Crippen molar-refractivity contribution in [1.82, 2.24) is 9.78 Å². The Morgan fingerprint density at radius 3 is 2.65 bits per heavy atom. The van der Waals surface area contributed by atoms with Crippen LogP contribution in [0.4, 0.5) is 0 Å². The Kier molecular flexibility index (Phi) is 3.44. The summed E-state index contributed by atoms with van der Waals surface area (Å²) in [6.45, 7) is 1.97. The van der Waals surface area contributed by atoms with Crippen molar-refractivity contribution in [3.63, 3.8) is 0 Å². The Hall–Kier alpha value is -1.81. The summed E-state index contributed by atoms with van der Waals surface area (Å²) >= 11 is 0. The normalized spacial score (nSPS) is 14.3. The second-order valence-corrected chi connectivity index (χ2v) is 4.03. The van der Waals surface area contributed by atoms with E-state index < -0.39 is 0 Å². The number of hydrogen-bond donors (Lipinski definition) is 1. The molecule has 1 heterocycles. The molecule has 0 aliphatic heterocycles. The average Bonchev–Trinajstić information content (AvgIpc) is 2.83. The molecule has 1 aromatic carbocycles. The summed E-state index contributed by atoms with van der Waals surface area (Å²) in [7, 11) is 1.67. The lowest BCUT2D eigenvalue weighted by atomic mass is 10.0. The quantitative estimate of drug-likeness (QED) is 0.873. The highest BCUT2D eigenvalue weighted by atomic mass is 16.5. The summed E-state index contributed by atoms with van der Waals surface area (Å²) < 4.78 is 7.24. The highest BCUT2D eigenvalue weighted by Gasteiger charge is 2.21. The van der Waals surface area contributed by atoms with Crippen molar-refractivity contribution in [3.05, 3.63) is 48.3 Å². The fraction of sp³-hybridized carbons (Fsp3) is 0.308. The van der Waals surface area contributed by atoms with Gasteiger partial charge in [0, 0.05) is 24.0 Å². The Morgan fingerprint density at radius 2 is 2.06 bits per heavy atom. The zero-order valence-electron chi connectivity index (χ0n) is 10.1. The van der Waals surface area contributed by atoms with E-state index in [9.17, 15) is 0 Å². The third kappa shape index (κ3) is 2.31. The van der Waals surface area contributed by atoms with Crippen molar-refractivity contribution in [3.8, 4) is 5.75 Å². The highest BCUT2D eigenvalue weighted by Crippen LogP contribution is 2.28. The number of benzene rings is 1. The lowest BCUT2D eigenvalue weighted by Gasteiger charge is -2.23. The molecule has 2 N–H and O–H groups in total. The van der Waals surface area contributed by atoms with Crippen LogP contribution in [0.2, 0.25) is 0 Å². The molecule has 2 unspecified atom stereocenters. The highest BCUT2D eigenvalue weighted by molar-refractivity contribution is 5.37. The zero-order valence-corrected chi connectivity index (χ0v) is 10.1. The number of ether oxygens (including phenoxy) is 1. The van der Waals surface area contributed by atoms with Crippen LogP contribution in [-0.4, -0.2) is 22.9 Å². The molecule has 90 valence electrons. The van der Waals surface area contributed by atoms with Gasteiger partial charge in [0.15, 0.2) is 0 Å². The Balaban J connectivity index is 2.46. The Bertz CT molecular complexity index is 465. The second-order valence-electron chi connectivity index (χ2n) is 4.03.